The molecule has 3 heterocycles. The molecule has 2 aromatic rings. The molecule has 27 heavy (non-hydrogen) atoms. The van der Waals surface area contributed by atoms with Crippen molar-refractivity contribution < 1.29 is 14.0 Å². The summed E-state index contributed by atoms with van der Waals surface area (Å²) in [6.07, 6.45) is 6.46. The molecule has 0 unspecified atom stereocenters. The molecule has 0 radical (unpaired) electrons. The molecule has 0 bridgehead atoms. The highest BCUT2D eigenvalue weighted by molar-refractivity contribution is 8.19. The van der Waals surface area contributed by atoms with Gasteiger partial charge in [0.1, 0.15) is 5.76 Å². The SMILES string of the molecule is O=C1S/C(=C/c2ccc(N3CCCCCC3)o2)C(=O)N1c1cccc(Cl)c1. The van der Waals surface area contributed by atoms with Crippen LogP contribution in [0.1, 0.15) is 31.4 Å². The molecule has 1 aromatic heterocycles. The Morgan fingerprint density at radius 3 is 2.56 bits per heavy atom. The van der Waals surface area contributed by atoms with E-state index < -0.39 is 0 Å². The van der Waals surface area contributed by atoms with E-state index >= 15 is 0 Å². The highest BCUT2D eigenvalue weighted by Crippen LogP contribution is 2.37. The summed E-state index contributed by atoms with van der Waals surface area (Å²) in [6, 6.07) is 10.5. The van der Waals surface area contributed by atoms with Crippen molar-refractivity contribution in [1.29, 1.82) is 0 Å². The summed E-state index contributed by atoms with van der Waals surface area (Å²) in [5.74, 6) is 1.03. The second-order valence-corrected chi connectivity index (χ2v) is 8.00. The van der Waals surface area contributed by atoms with Gasteiger partial charge in [-0.3, -0.25) is 9.59 Å². The third kappa shape index (κ3) is 3.92. The van der Waals surface area contributed by atoms with E-state index in [1.54, 1.807) is 30.3 Å². The number of carbonyl (C=O) groups excluding carboxylic acids is 2. The summed E-state index contributed by atoms with van der Waals surface area (Å²) in [5.41, 5.74) is 0.470. The Labute approximate surface area is 167 Å². The summed E-state index contributed by atoms with van der Waals surface area (Å²) < 4.78 is 5.92. The van der Waals surface area contributed by atoms with E-state index in [0.29, 0.717) is 21.4 Å². The standard InChI is InChI=1S/C20H19ClN2O3S/c21-14-6-5-7-15(12-14)23-19(24)17(27-20(23)25)13-16-8-9-18(26-16)22-10-3-1-2-4-11-22/h5-9,12-13H,1-4,10-11H2/b17-13+. The van der Waals surface area contributed by atoms with Crippen molar-refractivity contribution >= 4 is 52.2 Å². The summed E-state index contributed by atoms with van der Waals surface area (Å²) in [6.45, 7) is 1.97. The van der Waals surface area contributed by atoms with E-state index in [1.807, 2.05) is 12.1 Å². The Hall–Kier alpha value is -2.18. The Morgan fingerprint density at radius 1 is 1.04 bits per heavy atom. The number of halogens is 1. The molecule has 0 atom stereocenters. The molecule has 5 nitrogen and oxygen atoms in total. The minimum Gasteiger partial charge on any atom is -0.441 e. The molecule has 0 spiro atoms. The highest BCUT2D eigenvalue weighted by Gasteiger charge is 2.36. The topological polar surface area (TPSA) is 53.8 Å². The Bertz CT molecular complexity index is 900. The number of benzene rings is 1. The summed E-state index contributed by atoms with van der Waals surface area (Å²) in [4.78, 5) is 28.8. The normalized spacial score (nSPS) is 19.8. The monoisotopic (exact) mass is 402 g/mol. The number of hydrogen-bond donors (Lipinski definition) is 0. The van der Waals surface area contributed by atoms with E-state index in [4.69, 9.17) is 16.0 Å². The van der Waals surface area contributed by atoms with Crippen LogP contribution in [0.3, 0.4) is 0 Å². The van der Waals surface area contributed by atoms with E-state index in [2.05, 4.69) is 4.90 Å². The fraction of sp³-hybridized carbons (Fsp3) is 0.300. The zero-order chi connectivity index (χ0) is 18.8. The van der Waals surface area contributed by atoms with E-state index in [1.165, 1.54) is 12.8 Å². The second-order valence-electron chi connectivity index (χ2n) is 6.57. The summed E-state index contributed by atoms with van der Waals surface area (Å²) in [7, 11) is 0. The van der Waals surface area contributed by atoms with Gasteiger partial charge in [0.15, 0.2) is 5.88 Å². The molecule has 0 N–H and O–H groups in total. The number of rotatable bonds is 3. The molecule has 2 fully saturated rings. The number of imide groups is 1. The van der Waals surface area contributed by atoms with Crippen LogP contribution >= 0.6 is 23.4 Å². The van der Waals surface area contributed by atoms with Crippen LogP contribution in [0.25, 0.3) is 6.08 Å². The minimum absolute atomic E-state index is 0.340. The number of thioether (sulfide) groups is 1. The fourth-order valence-corrected chi connectivity index (χ4v) is 4.32. The maximum Gasteiger partial charge on any atom is 0.298 e. The van der Waals surface area contributed by atoms with Gasteiger partial charge < -0.3 is 9.32 Å². The van der Waals surface area contributed by atoms with Gasteiger partial charge in [0.25, 0.3) is 11.1 Å². The van der Waals surface area contributed by atoms with Crippen LogP contribution in [-0.2, 0) is 4.79 Å². The molecule has 2 aliphatic rings. The maximum atomic E-state index is 12.7. The zero-order valence-electron chi connectivity index (χ0n) is 14.7. The summed E-state index contributed by atoms with van der Waals surface area (Å²) >= 11 is 6.89. The molecule has 4 rings (SSSR count). The van der Waals surface area contributed by atoms with Crippen molar-refractivity contribution in [1.82, 2.24) is 0 Å². The van der Waals surface area contributed by atoms with Gasteiger partial charge >= 0.3 is 0 Å². The molecule has 0 saturated carbocycles. The third-order valence-corrected chi connectivity index (χ3v) is 5.77. The first kappa shape index (κ1) is 18.2. The van der Waals surface area contributed by atoms with Gasteiger partial charge in [-0.1, -0.05) is 30.5 Å². The van der Waals surface area contributed by atoms with Gasteiger partial charge in [0.2, 0.25) is 0 Å². The molecule has 2 aliphatic heterocycles. The zero-order valence-corrected chi connectivity index (χ0v) is 16.3. The van der Waals surface area contributed by atoms with Crippen LogP contribution in [-0.4, -0.2) is 24.2 Å². The minimum atomic E-state index is -0.361. The van der Waals surface area contributed by atoms with Crippen LogP contribution in [0.5, 0.6) is 0 Å². The number of hydrogen-bond acceptors (Lipinski definition) is 5. The lowest BCUT2D eigenvalue weighted by molar-refractivity contribution is -0.113. The van der Waals surface area contributed by atoms with Crippen LogP contribution in [0.4, 0.5) is 16.4 Å². The van der Waals surface area contributed by atoms with E-state index in [0.717, 1.165) is 48.5 Å². The van der Waals surface area contributed by atoms with Crippen molar-refractivity contribution in [3.8, 4) is 0 Å². The quantitative estimate of drug-likeness (QED) is 0.629. The number of carbonyl (C=O) groups is 2. The first-order chi connectivity index (χ1) is 13.1. The lowest BCUT2D eigenvalue weighted by atomic mass is 10.2. The Morgan fingerprint density at radius 2 is 1.81 bits per heavy atom. The highest BCUT2D eigenvalue weighted by atomic mass is 35.5. The van der Waals surface area contributed by atoms with Crippen LogP contribution < -0.4 is 9.80 Å². The van der Waals surface area contributed by atoms with Crippen LogP contribution in [0.15, 0.2) is 45.7 Å². The number of nitrogens with zero attached hydrogens (tertiary/aromatic N) is 2. The molecule has 2 saturated heterocycles. The molecule has 0 aliphatic carbocycles. The molecular weight excluding hydrogens is 384 g/mol. The third-order valence-electron chi connectivity index (χ3n) is 4.66. The maximum absolute atomic E-state index is 12.7. The van der Waals surface area contributed by atoms with Crippen molar-refractivity contribution in [2.24, 2.45) is 0 Å². The number of anilines is 2. The number of furan rings is 1. The van der Waals surface area contributed by atoms with E-state index in [-0.39, 0.29) is 11.1 Å². The van der Waals surface area contributed by atoms with Gasteiger partial charge in [0.05, 0.1) is 10.6 Å². The molecule has 1 aromatic carbocycles. The first-order valence-corrected chi connectivity index (χ1v) is 10.2. The van der Waals surface area contributed by atoms with Gasteiger partial charge in [-0.25, -0.2) is 4.90 Å². The number of amides is 2. The largest absolute Gasteiger partial charge is 0.441 e. The Balaban J connectivity index is 1.54. The van der Waals surface area contributed by atoms with Gasteiger partial charge in [-0.05, 0) is 48.9 Å². The second kappa shape index (κ2) is 7.82. The van der Waals surface area contributed by atoms with Gasteiger partial charge in [-0.15, -0.1) is 0 Å². The smallest absolute Gasteiger partial charge is 0.298 e. The van der Waals surface area contributed by atoms with Gasteiger partial charge in [0, 0.05) is 30.3 Å². The van der Waals surface area contributed by atoms with Crippen molar-refractivity contribution in [2.45, 2.75) is 25.7 Å². The lowest BCUT2D eigenvalue weighted by Gasteiger charge is -2.18. The van der Waals surface area contributed by atoms with Crippen molar-refractivity contribution in [3.63, 3.8) is 0 Å². The first-order valence-electron chi connectivity index (χ1n) is 9.00. The van der Waals surface area contributed by atoms with Crippen molar-refractivity contribution in [2.75, 3.05) is 22.9 Å². The Kier molecular flexibility index (Phi) is 5.27. The molecule has 2 amide bonds. The fourth-order valence-electron chi connectivity index (χ4n) is 3.32. The van der Waals surface area contributed by atoms with Crippen molar-refractivity contribution in [3.05, 3.63) is 52.1 Å². The average molecular weight is 403 g/mol. The lowest BCUT2D eigenvalue weighted by Crippen LogP contribution is -2.27. The van der Waals surface area contributed by atoms with Crippen LogP contribution in [0.2, 0.25) is 5.02 Å². The van der Waals surface area contributed by atoms with E-state index in [9.17, 15) is 9.59 Å². The van der Waals surface area contributed by atoms with Gasteiger partial charge in [-0.2, -0.15) is 0 Å². The molecule has 7 heteroatoms. The predicted molar refractivity (Wildman–Crippen MR) is 109 cm³/mol. The average Bonchev–Trinajstić information content (AvgIpc) is 3.08. The predicted octanol–water partition coefficient (Wildman–Crippen LogP) is 5.55. The van der Waals surface area contributed by atoms with Crippen LogP contribution in [0, 0.1) is 0 Å². The molecular formula is C20H19ClN2O3S. The molecule has 140 valence electrons. The summed E-state index contributed by atoms with van der Waals surface area (Å²) in [5, 5.41) is 0.136.